The van der Waals surface area contributed by atoms with Gasteiger partial charge in [-0.1, -0.05) is 60.7 Å². The van der Waals surface area contributed by atoms with Crippen LogP contribution >= 0.6 is 12.2 Å². The van der Waals surface area contributed by atoms with Crippen LogP contribution in [0.4, 0.5) is 11.6 Å². The summed E-state index contributed by atoms with van der Waals surface area (Å²) >= 11 is 5.69. The minimum absolute atomic E-state index is 0.0170. The second-order valence-corrected chi connectivity index (χ2v) is 11.2. The highest BCUT2D eigenvalue weighted by atomic mass is 32.1. The third kappa shape index (κ3) is 7.15. The van der Waals surface area contributed by atoms with Crippen molar-refractivity contribution in [3.05, 3.63) is 107 Å². The quantitative estimate of drug-likeness (QED) is 0.134. The van der Waals surface area contributed by atoms with Crippen LogP contribution < -0.4 is 20.1 Å². The number of nitrogens with zero attached hydrogens (tertiary/aromatic N) is 4. The molecule has 0 bridgehead atoms. The summed E-state index contributed by atoms with van der Waals surface area (Å²) in [5.74, 6) is 2.22. The van der Waals surface area contributed by atoms with Crippen LogP contribution in [0.2, 0.25) is 0 Å². The van der Waals surface area contributed by atoms with Gasteiger partial charge in [-0.05, 0) is 62.0 Å². The van der Waals surface area contributed by atoms with Gasteiger partial charge in [0.1, 0.15) is 17.1 Å². The largest absolute Gasteiger partial charge is 0.497 e. The molecule has 0 saturated carbocycles. The SMILES string of the molecule is COc1cc(NC(=S)/N=C(/Nc2nc(C)cc(C)n2)N2CCC(C(O)(c3ccccc3)c3ccccc3)CC2)cc(OC)c1. The Morgan fingerprint density at radius 1 is 0.841 bits per heavy atom. The lowest BCUT2D eigenvalue weighted by Gasteiger charge is -2.43. The normalized spacial score (nSPS) is 14.2. The molecule has 1 aliphatic rings. The Labute approximate surface area is 264 Å². The predicted octanol–water partition coefficient (Wildman–Crippen LogP) is 5.92. The van der Waals surface area contributed by atoms with Gasteiger partial charge in [-0.2, -0.15) is 4.99 Å². The first-order valence-corrected chi connectivity index (χ1v) is 15.0. The Balaban J connectivity index is 1.41. The molecule has 1 fully saturated rings. The van der Waals surface area contributed by atoms with Crippen LogP contribution in [0.15, 0.2) is 89.9 Å². The average molecular weight is 611 g/mol. The first-order chi connectivity index (χ1) is 21.3. The van der Waals surface area contributed by atoms with E-state index in [1.54, 1.807) is 20.3 Å². The summed E-state index contributed by atoms with van der Waals surface area (Å²) in [4.78, 5) is 16.1. The molecule has 0 amide bonds. The first-order valence-electron chi connectivity index (χ1n) is 14.6. The maximum Gasteiger partial charge on any atom is 0.229 e. The number of anilines is 2. The molecule has 0 radical (unpaired) electrons. The topological polar surface area (TPSA) is 104 Å². The molecule has 44 heavy (non-hydrogen) atoms. The van der Waals surface area contributed by atoms with E-state index in [2.05, 4.69) is 25.5 Å². The molecule has 228 valence electrons. The predicted molar refractivity (Wildman–Crippen MR) is 179 cm³/mol. The first kappa shape index (κ1) is 30.9. The Kier molecular flexibility index (Phi) is 9.72. The molecule has 2 heterocycles. The van der Waals surface area contributed by atoms with Gasteiger partial charge in [-0.3, -0.25) is 5.32 Å². The fourth-order valence-corrected chi connectivity index (χ4v) is 5.92. The Hall–Kier alpha value is -4.54. The Bertz CT molecular complexity index is 1530. The number of ether oxygens (including phenoxy) is 2. The maximum absolute atomic E-state index is 12.4. The van der Waals surface area contributed by atoms with E-state index >= 15 is 0 Å². The lowest BCUT2D eigenvalue weighted by Crippen LogP contribution is -2.48. The van der Waals surface area contributed by atoms with Gasteiger partial charge in [0.05, 0.1) is 14.2 Å². The van der Waals surface area contributed by atoms with Crippen LogP contribution in [0.1, 0.15) is 35.4 Å². The summed E-state index contributed by atoms with van der Waals surface area (Å²) < 4.78 is 10.8. The molecule has 1 saturated heterocycles. The summed E-state index contributed by atoms with van der Waals surface area (Å²) in [5, 5.41) is 19.1. The molecule has 0 spiro atoms. The van der Waals surface area contributed by atoms with Gasteiger partial charge in [0.15, 0.2) is 0 Å². The highest BCUT2D eigenvalue weighted by Gasteiger charge is 2.42. The number of aliphatic hydroxyl groups is 1. The van der Waals surface area contributed by atoms with E-state index in [0.29, 0.717) is 42.2 Å². The standard InChI is InChI=1S/C34H38N6O3S/c1-23-19-24(2)36-31(35-23)38-32(39-33(44)37-28-20-29(42-3)22-30(21-28)43-4)40-17-15-27(16-18-40)34(41,25-11-7-5-8-12-25)26-13-9-6-10-14-26/h5-14,19-22,27,41H,15-18H2,1-4H3,(H2,35,36,37,38,39,44). The minimum Gasteiger partial charge on any atom is -0.497 e. The number of thiocarbonyl (C=S) groups is 1. The van der Waals surface area contributed by atoms with Crippen LogP contribution in [-0.2, 0) is 5.60 Å². The molecular weight excluding hydrogens is 572 g/mol. The summed E-state index contributed by atoms with van der Waals surface area (Å²) in [5.41, 5.74) is 3.03. The van der Waals surface area contributed by atoms with E-state index in [9.17, 15) is 5.11 Å². The van der Waals surface area contributed by atoms with Crippen molar-refractivity contribution >= 4 is 34.9 Å². The number of aryl methyl sites for hydroxylation is 2. The van der Waals surface area contributed by atoms with Crippen molar-refractivity contribution in [3.63, 3.8) is 0 Å². The van der Waals surface area contributed by atoms with E-state index in [4.69, 9.17) is 26.7 Å². The van der Waals surface area contributed by atoms with Gasteiger partial charge in [0.25, 0.3) is 0 Å². The van der Waals surface area contributed by atoms with Gasteiger partial charge in [0.2, 0.25) is 17.0 Å². The van der Waals surface area contributed by atoms with Crippen molar-refractivity contribution in [1.82, 2.24) is 14.9 Å². The van der Waals surface area contributed by atoms with E-state index in [1.165, 1.54) is 0 Å². The van der Waals surface area contributed by atoms with E-state index in [0.717, 1.165) is 35.4 Å². The van der Waals surface area contributed by atoms with Gasteiger partial charge in [-0.25, -0.2) is 9.97 Å². The summed E-state index contributed by atoms with van der Waals surface area (Å²) in [6.07, 6.45) is 1.45. The molecule has 0 unspecified atom stereocenters. The van der Waals surface area contributed by atoms with E-state index in [-0.39, 0.29) is 11.0 Å². The van der Waals surface area contributed by atoms with Crippen molar-refractivity contribution in [2.45, 2.75) is 32.3 Å². The van der Waals surface area contributed by atoms with Crippen molar-refractivity contribution < 1.29 is 14.6 Å². The number of aliphatic imine (C=N–C) groups is 1. The molecule has 3 aromatic carbocycles. The molecule has 10 heteroatoms. The van der Waals surface area contributed by atoms with Crippen LogP contribution in [-0.4, -0.2) is 58.4 Å². The molecule has 4 aromatic rings. The van der Waals surface area contributed by atoms with Crippen molar-refractivity contribution in [2.24, 2.45) is 10.9 Å². The number of hydrogen-bond acceptors (Lipinski definition) is 6. The molecule has 1 aromatic heterocycles. The third-order valence-electron chi connectivity index (χ3n) is 7.83. The van der Waals surface area contributed by atoms with Gasteiger partial charge >= 0.3 is 0 Å². The molecular formula is C34H38N6O3S. The molecule has 1 aliphatic heterocycles. The number of piperidine rings is 1. The summed E-state index contributed by atoms with van der Waals surface area (Å²) in [6, 6.07) is 27.2. The second-order valence-electron chi connectivity index (χ2n) is 10.8. The number of aromatic nitrogens is 2. The van der Waals surface area contributed by atoms with Crippen LogP contribution in [0.5, 0.6) is 11.5 Å². The van der Waals surface area contributed by atoms with E-state index in [1.807, 2.05) is 92.7 Å². The zero-order chi connectivity index (χ0) is 31.1. The second kappa shape index (κ2) is 13.8. The minimum atomic E-state index is -1.13. The third-order valence-corrected chi connectivity index (χ3v) is 8.02. The fraction of sp³-hybridized carbons (Fsp3) is 0.294. The van der Waals surface area contributed by atoms with Crippen LogP contribution in [0, 0.1) is 19.8 Å². The van der Waals surface area contributed by atoms with Crippen LogP contribution in [0.3, 0.4) is 0 Å². The van der Waals surface area contributed by atoms with Gasteiger partial charge < -0.3 is 24.8 Å². The molecule has 0 aliphatic carbocycles. The fourth-order valence-electron chi connectivity index (χ4n) is 5.72. The van der Waals surface area contributed by atoms with Crippen molar-refractivity contribution in [3.8, 4) is 11.5 Å². The summed E-state index contributed by atoms with van der Waals surface area (Å²) in [7, 11) is 3.20. The Morgan fingerprint density at radius 3 is 1.86 bits per heavy atom. The molecule has 5 rings (SSSR count). The highest BCUT2D eigenvalue weighted by Crippen LogP contribution is 2.42. The lowest BCUT2D eigenvalue weighted by atomic mass is 9.72. The van der Waals surface area contributed by atoms with Gasteiger partial charge in [-0.15, -0.1) is 0 Å². The zero-order valence-electron chi connectivity index (χ0n) is 25.4. The number of nitrogens with one attached hydrogen (secondary N) is 2. The lowest BCUT2D eigenvalue weighted by molar-refractivity contribution is -0.00653. The highest BCUT2D eigenvalue weighted by molar-refractivity contribution is 7.80. The monoisotopic (exact) mass is 610 g/mol. The van der Waals surface area contributed by atoms with Gasteiger partial charge in [0, 0.05) is 48.4 Å². The zero-order valence-corrected chi connectivity index (χ0v) is 26.3. The van der Waals surface area contributed by atoms with Crippen molar-refractivity contribution in [1.29, 1.82) is 0 Å². The molecule has 0 atom stereocenters. The number of benzene rings is 3. The average Bonchev–Trinajstić information content (AvgIpc) is 3.04. The Morgan fingerprint density at radius 2 is 1.36 bits per heavy atom. The number of guanidine groups is 1. The molecule has 3 N–H and O–H groups in total. The number of likely N-dealkylation sites (tertiary alicyclic amines) is 1. The maximum atomic E-state index is 12.4. The number of hydrogen-bond donors (Lipinski definition) is 3. The number of rotatable bonds is 7. The molecule has 9 nitrogen and oxygen atoms in total. The number of methoxy groups -OCH3 is 2. The smallest absolute Gasteiger partial charge is 0.229 e. The summed E-state index contributed by atoms with van der Waals surface area (Å²) in [6.45, 7) is 5.13. The van der Waals surface area contributed by atoms with Crippen molar-refractivity contribution in [2.75, 3.05) is 37.9 Å². The van der Waals surface area contributed by atoms with E-state index < -0.39 is 5.60 Å². The van der Waals surface area contributed by atoms with Crippen LogP contribution in [0.25, 0.3) is 0 Å².